The summed E-state index contributed by atoms with van der Waals surface area (Å²) in [5.41, 5.74) is 1.19. The Balaban J connectivity index is 1.75. The van der Waals surface area contributed by atoms with E-state index in [4.69, 9.17) is 4.74 Å². The van der Waals surface area contributed by atoms with E-state index in [2.05, 4.69) is 26.0 Å². The van der Waals surface area contributed by atoms with Crippen LogP contribution in [0.5, 0.6) is 0 Å². The summed E-state index contributed by atoms with van der Waals surface area (Å²) in [6, 6.07) is 10.2. The van der Waals surface area contributed by atoms with E-state index in [1.165, 1.54) is 12.0 Å². The third-order valence-electron chi connectivity index (χ3n) is 4.11. The average molecular weight is 260 g/mol. The van der Waals surface area contributed by atoms with Gasteiger partial charge in [-0.2, -0.15) is 0 Å². The van der Waals surface area contributed by atoms with Crippen LogP contribution in [0.15, 0.2) is 30.3 Å². The van der Waals surface area contributed by atoms with Crippen molar-refractivity contribution in [1.82, 2.24) is 0 Å². The van der Waals surface area contributed by atoms with Crippen molar-refractivity contribution >= 4 is 5.78 Å². The second-order valence-corrected chi connectivity index (χ2v) is 5.94. The van der Waals surface area contributed by atoms with Crippen LogP contribution >= 0.6 is 0 Å². The summed E-state index contributed by atoms with van der Waals surface area (Å²) in [6.45, 7) is 5.64. The van der Waals surface area contributed by atoms with Crippen LogP contribution in [-0.4, -0.2) is 12.4 Å². The van der Waals surface area contributed by atoms with Crippen LogP contribution in [0.3, 0.4) is 0 Å². The van der Waals surface area contributed by atoms with Crippen molar-refractivity contribution in [3.63, 3.8) is 0 Å². The first kappa shape index (κ1) is 14.3. The number of Topliss-reactive ketones (excluding diaryl/α,β-unsaturated/α-hetero) is 1. The van der Waals surface area contributed by atoms with Gasteiger partial charge in [-0.1, -0.05) is 44.2 Å². The zero-order valence-corrected chi connectivity index (χ0v) is 12.0. The van der Waals surface area contributed by atoms with Gasteiger partial charge in [-0.3, -0.25) is 4.79 Å². The lowest BCUT2D eigenvalue weighted by atomic mass is 9.76. The zero-order chi connectivity index (χ0) is 13.7. The van der Waals surface area contributed by atoms with Gasteiger partial charge in [0.2, 0.25) is 0 Å². The number of ketones is 1. The highest BCUT2D eigenvalue weighted by Crippen LogP contribution is 2.30. The molecular weight excluding hydrogens is 236 g/mol. The number of carbonyl (C=O) groups excluding carboxylic acids is 1. The zero-order valence-electron chi connectivity index (χ0n) is 12.0. The molecule has 1 saturated carbocycles. The highest BCUT2D eigenvalue weighted by molar-refractivity contribution is 5.82. The van der Waals surface area contributed by atoms with E-state index in [9.17, 15) is 4.79 Å². The Morgan fingerprint density at radius 2 is 2.00 bits per heavy atom. The molecule has 0 bridgehead atoms. The molecule has 3 unspecified atom stereocenters. The van der Waals surface area contributed by atoms with Crippen molar-refractivity contribution in [2.45, 2.75) is 39.7 Å². The topological polar surface area (TPSA) is 26.3 Å². The number of benzene rings is 1. The van der Waals surface area contributed by atoms with Crippen molar-refractivity contribution < 1.29 is 9.53 Å². The molecule has 0 radical (unpaired) electrons. The number of rotatable bonds is 5. The minimum absolute atomic E-state index is 0.215. The normalized spacial score (nSPS) is 25.3. The van der Waals surface area contributed by atoms with E-state index >= 15 is 0 Å². The summed E-state index contributed by atoms with van der Waals surface area (Å²) in [7, 11) is 0. The van der Waals surface area contributed by atoms with Gasteiger partial charge in [-0.15, -0.1) is 0 Å². The largest absolute Gasteiger partial charge is 0.376 e. The second kappa shape index (κ2) is 6.85. The molecule has 1 aliphatic carbocycles. The summed E-state index contributed by atoms with van der Waals surface area (Å²) in [5, 5.41) is 0. The van der Waals surface area contributed by atoms with Gasteiger partial charge in [0.25, 0.3) is 0 Å². The Bertz CT molecular complexity index is 399. The second-order valence-electron chi connectivity index (χ2n) is 5.94. The molecule has 0 heterocycles. The van der Waals surface area contributed by atoms with E-state index in [0.29, 0.717) is 30.8 Å². The van der Waals surface area contributed by atoms with E-state index < -0.39 is 0 Å². The maximum atomic E-state index is 12.0. The van der Waals surface area contributed by atoms with Crippen molar-refractivity contribution in [3.05, 3.63) is 35.9 Å². The third kappa shape index (κ3) is 4.17. The van der Waals surface area contributed by atoms with E-state index in [0.717, 1.165) is 12.8 Å². The standard InChI is InChI=1S/C17H24O2/c1-13-8-9-16(17(18)10-13)14(2)11-19-12-15-6-4-3-5-7-15/h3-7,13-14,16H,8-12H2,1-2H3. The summed E-state index contributed by atoms with van der Waals surface area (Å²) in [5.74, 6) is 1.56. The van der Waals surface area contributed by atoms with Crippen LogP contribution in [0.25, 0.3) is 0 Å². The molecule has 3 atom stereocenters. The van der Waals surface area contributed by atoms with Gasteiger partial charge < -0.3 is 4.74 Å². The Hall–Kier alpha value is -1.15. The Morgan fingerprint density at radius 1 is 1.26 bits per heavy atom. The molecule has 1 fully saturated rings. The monoisotopic (exact) mass is 260 g/mol. The fraction of sp³-hybridized carbons (Fsp3) is 0.588. The van der Waals surface area contributed by atoms with Crippen LogP contribution in [0, 0.1) is 17.8 Å². The molecule has 0 aromatic heterocycles. The van der Waals surface area contributed by atoms with Crippen molar-refractivity contribution in [2.24, 2.45) is 17.8 Å². The summed E-state index contributed by atoms with van der Waals surface area (Å²) >= 11 is 0. The quantitative estimate of drug-likeness (QED) is 0.804. The van der Waals surface area contributed by atoms with Crippen LogP contribution in [0.1, 0.15) is 38.7 Å². The molecule has 2 heteroatoms. The van der Waals surface area contributed by atoms with E-state index in [1.807, 2.05) is 18.2 Å². The minimum Gasteiger partial charge on any atom is -0.376 e. The van der Waals surface area contributed by atoms with Crippen LogP contribution in [-0.2, 0) is 16.1 Å². The Kier molecular flexibility index (Phi) is 5.15. The summed E-state index contributed by atoms with van der Waals surface area (Å²) in [4.78, 5) is 12.0. The Morgan fingerprint density at radius 3 is 2.68 bits per heavy atom. The van der Waals surface area contributed by atoms with Gasteiger partial charge in [0.05, 0.1) is 13.2 Å². The molecule has 2 nitrogen and oxygen atoms in total. The van der Waals surface area contributed by atoms with E-state index in [1.54, 1.807) is 0 Å². The van der Waals surface area contributed by atoms with Gasteiger partial charge in [0.1, 0.15) is 5.78 Å². The molecular formula is C17H24O2. The van der Waals surface area contributed by atoms with Gasteiger partial charge >= 0.3 is 0 Å². The van der Waals surface area contributed by atoms with Gasteiger partial charge in [-0.05, 0) is 30.2 Å². The fourth-order valence-electron chi connectivity index (χ4n) is 2.88. The van der Waals surface area contributed by atoms with Crippen molar-refractivity contribution in [1.29, 1.82) is 0 Å². The SMILES string of the molecule is CC1CCC(C(C)COCc2ccccc2)C(=O)C1. The maximum absolute atomic E-state index is 12.0. The lowest BCUT2D eigenvalue weighted by molar-refractivity contribution is -0.128. The molecule has 0 amide bonds. The number of hydrogen-bond acceptors (Lipinski definition) is 2. The molecule has 0 aliphatic heterocycles. The lowest BCUT2D eigenvalue weighted by Gasteiger charge is -2.29. The molecule has 104 valence electrons. The van der Waals surface area contributed by atoms with Gasteiger partial charge in [-0.25, -0.2) is 0 Å². The van der Waals surface area contributed by atoms with Crippen molar-refractivity contribution in [3.8, 4) is 0 Å². The summed E-state index contributed by atoms with van der Waals surface area (Å²) in [6.07, 6.45) is 2.98. The Labute approximate surface area is 116 Å². The van der Waals surface area contributed by atoms with Crippen molar-refractivity contribution in [2.75, 3.05) is 6.61 Å². The minimum atomic E-state index is 0.215. The van der Waals surface area contributed by atoms with Gasteiger partial charge in [0, 0.05) is 12.3 Å². The molecule has 1 aromatic carbocycles. The smallest absolute Gasteiger partial charge is 0.136 e. The summed E-state index contributed by atoms with van der Waals surface area (Å²) < 4.78 is 5.76. The van der Waals surface area contributed by atoms with Gasteiger partial charge in [0.15, 0.2) is 0 Å². The lowest BCUT2D eigenvalue weighted by Crippen LogP contribution is -2.30. The maximum Gasteiger partial charge on any atom is 0.136 e. The molecule has 1 aliphatic rings. The van der Waals surface area contributed by atoms with Crippen LogP contribution < -0.4 is 0 Å². The molecule has 0 spiro atoms. The fourth-order valence-corrected chi connectivity index (χ4v) is 2.88. The predicted molar refractivity (Wildman–Crippen MR) is 76.8 cm³/mol. The molecule has 0 saturated heterocycles. The highest BCUT2D eigenvalue weighted by atomic mass is 16.5. The van der Waals surface area contributed by atoms with Crippen LogP contribution in [0.2, 0.25) is 0 Å². The number of carbonyl (C=O) groups is 1. The number of hydrogen-bond donors (Lipinski definition) is 0. The average Bonchev–Trinajstić information content (AvgIpc) is 2.39. The molecule has 2 rings (SSSR count). The predicted octanol–water partition coefficient (Wildman–Crippen LogP) is 3.84. The highest BCUT2D eigenvalue weighted by Gasteiger charge is 2.30. The number of ether oxygens (including phenoxy) is 1. The molecule has 19 heavy (non-hydrogen) atoms. The first-order valence-corrected chi connectivity index (χ1v) is 7.31. The first-order valence-electron chi connectivity index (χ1n) is 7.31. The first-order chi connectivity index (χ1) is 9.16. The molecule has 0 N–H and O–H groups in total. The van der Waals surface area contributed by atoms with E-state index in [-0.39, 0.29) is 5.92 Å². The molecule has 1 aromatic rings. The van der Waals surface area contributed by atoms with Crippen LogP contribution in [0.4, 0.5) is 0 Å². The third-order valence-corrected chi connectivity index (χ3v) is 4.11.